The maximum Gasteiger partial charge on any atom is 0.410 e. The number of amides is 2. The van der Waals surface area contributed by atoms with Gasteiger partial charge in [0.05, 0.1) is 12.9 Å². The molecule has 2 atom stereocenters. The van der Waals surface area contributed by atoms with Crippen molar-refractivity contribution >= 4 is 22.3 Å². The van der Waals surface area contributed by atoms with Crippen LogP contribution >= 0.6 is 0 Å². The van der Waals surface area contributed by atoms with Crippen molar-refractivity contribution in [2.24, 2.45) is 11.8 Å². The third-order valence-electron chi connectivity index (χ3n) is 5.12. The largest absolute Gasteiger partial charge is 0.444 e. The Balaban J connectivity index is 0.000000350. The molecule has 11 heteroatoms. The molecule has 2 aliphatic rings. The van der Waals surface area contributed by atoms with E-state index in [4.69, 9.17) is 18.8 Å². The Morgan fingerprint density at radius 3 is 1.65 bits per heavy atom. The minimum Gasteiger partial charge on any atom is -0.444 e. The quantitative estimate of drug-likeness (QED) is 0.574. The van der Waals surface area contributed by atoms with Gasteiger partial charge < -0.3 is 24.4 Å². The summed E-state index contributed by atoms with van der Waals surface area (Å²) in [5.74, 6) is 0.252. The van der Waals surface area contributed by atoms with Crippen molar-refractivity contribution in [1.29, 1.82) is 0 Å². The first-order valence-electron chi connectivity index (χ1n) is 11.9. The number of aliphatic hydroxyl groups excluding tert-OH is 1. The van der Waals surface area contributed by atoms with E-state index in [1.807, 2.05) is 41.5 Å². The van der Waals surface area contributed by atoms with Gasteiger partial charge in [-0.15, -0.1) is 0 Å². The Hall–Kier alpha value is -1.59. The van der Waals surface area contributed by atoms with E-state index in [2.05, 4.69) is 0 Å². The van der Waals surface area contributed by atoms with Crippen molar-refractivity contribution in [2.75, 3.05) is 45.6 Å². The molecule has 200 valence electrons. The highest BCUT2D eigenvalue weighted by Crippen LogP contribution is 2.20. The maximum absolute atomic E-state index is 11.9. The third-order valence-corrected chi connectivity index (χ3v) is 5.68. The van der Waals surface area contributed by atoms with Crippen LogP contribution in [-0.2, 0) is 23.8 Å². The molecule has 2 heterocycles. The highest BCUT2D eigenvalue weighted by Gasteiger charge is 2.29. The van der Waals surface area contributed by atoms with Crippen molar-refractivity contribution < 1.29 is 36.8 Å². The van der Waals surface area contributed by atoms with Crippen LogP contribution < -0.4 is 0 Å². The average molecular weight is 509 g/mol. The fourth-order valence-electron chi connectivity index (χ4n) is 3.62. The Labute approximate surface area is 205 Å². The first-order valence-corrected chi connectivity index (χ1v) is 13.7. The summed E-state index contributed by atoms with van der Waals surface area (Å²) >= 11 is 0. The van der Waals surface area contributed by atoms with Crippen molar-refractivity contribution in [1.82, 2.24) is 9.80 Å². The number of ether oxygens (including phenoxy) is 2. The Bertz CT molecular complexity index is 758. The van der Waals surface area contributed by atoms with Gasteiger partial charge in [-0.3, -0.25) is 4.18 Å². The predicted octanol–water partition coefficient (Wildman–Crippen LogP) is 3.24. The van der Waals surface area contributed by atoms with E-state index >= 15 is 0 Å². The average Bonchev–Trinajstić information content (AvgIpc) is 2.70. The van der Waals surface area contributed by atoms with Crippen LogP contribution in [-0.4, -0.2) is 92.4 Å². The van der Waals surface area contributed by atoms with Crippen LogP contribution in [0.1, 0.15) is 67.2 Å². The zero-order chi connectivity index (χ0) is 26.2. The number of aliphatic hydroxyl groups is 1. The molecule has 0 aromatic heterocycles. The van der Waals surface area contributed by atoms with E-state index in [-0.39, 0.29) is 37.2 Å². The minimum atomic E-state index is -3.42. The number of likely N-dealkylation sites (tertiary alicyclic amines) is 2. The van der Waals surface area contributed by atoms with Crippen LogP contribution in [0.2, 0.25) is 0 Å². The fraction of sp³-hybridized carbons (Fsp3) is 0.913. The smallest absolute Gasteiger partial charge is 0.410 e. The molecular formula is C23H44N2O8S. The van der Waals surface area contributed by atoms with Crippen LogP contribution in [0.5, 0.6) is 0 Å². The second kappa shape index (κ2) is 12.9. The molecule has 10 nitrogen and oxygen atoms in total. The van der Waals surface area contributed by atoms with Gasteiger partial charge in [0.25, 0.3) is 10.1 Å². The molecule has 2 unspecified atom stereocenters. The Morgan fingerprint density at radius 1 is 0.853 bits per heavy atom. The molecule has 0 radical (unpaired) electrons. The van der Waals surface area contributed by atoms with Gasteiger partial charge in [0.2, 0.25) is 0 Å². The SMILES string of the molecule is CC(C)(C)OC(=O)N1CCCC(CO)C1.CC(C)(C)OC(=O)N1CCCC(COS(C)(=O)=O)C1. The maximum atomic E-state index is 11.9. The molecule has 0 spiro atoms. The van der Waals surface area contributed by atoms with Crippen molar-refractivity contribution in [2.45, 2.75) is 78.4 Å². The first-order chi connectivity index (χ1) is 15.5. The molecule has 2 rings (SSSR count). The lowest BCUT2D eigenvalue weighted by atomic mass is 9.99. The molecule has 0 aromatic carbocycles. The Kier molecular flexibility index (Phi) is 11.6. The van der Waals surface area contributed by atoms with Crippen molar-refractivity contribution in [3.8, 4) is 0 Å². The van der Waals surface area contributed by atoms with Gasteiger partial charge in [-0.25, -0.2) is 9.59 Å². The van der Waals surface area contributed by atoms with Crippen LogP contribution in [0, 0.1) is 11.8 Å². The van der Waals surface area contributed by atoms with Gasteiger partial charge in [-0.2, -0.15) is 8.42 Å². The number of piperidine rings is 2. The number of hydrogen-bond donors (Lipinski definition) is 1. The zero-order valence-corrected chi connectivity index (χ0v) is 22.6. The lowest BCUT2D eigenvalue weighted by molar-refractivity contribution is 0.0125. The summed E-state index contributed by atoms with van der Waals surface area (Å²) in [4.78, 5) is 26.9. The van der Waals surface area contributed by atoms with Gasteiger partial charge in [0.1, 0.15) is 11.2 Å². The predicted molar refractivity (Wildman–Crippen MR) is 129 cm³/mol. The monoisotopic (exact) mass is 508 g/mol. The second-order valence-electron chi connectivity index (χ2n) is 11.0. The van der Waals surface area contributed by atoms with Crippen molar-refractivity contribution in [3.63, 3.8) is 0 Å². The highest BCUT2D eigenvalue weighted by molar-refractivity contribution is 7.85. The molecule has 2 amide bonds. The summed E-state index contributed by atoms with van der Waals surface area (Å²) in [7, 11) is -3.42. The van der Waals surface area contributed by atoms with Gasteiger partial charge >= 0.3 is 12.2 Å². The normalized spacial score (nSPS) is 21.9. The van der Waals surface area contributed by atoms with E-state index < -0.39 is 21.3 Å². The Morgan fingerprint density at radius 2 is 1.26 bits per heavy atom. The van der Waals surface area contributed by atoms with Crippen LogP contribution in [0.25, 0.3) is 0 Å². The molecule has 0 bridgehead atoms. The third kappa shape index (κ3) is 13.3. The second-order valence-corrected chi connectivity index (χ2v) is 12.7. The number of carbonyl (C=O) groups is 2. The van der Waals surface area contributed by atoms with E-state index in [1.165, 1.54) is 0 Å². The topological polar surface area (TPSA) is 123 Å². The molecular weight excluding hydrogens is 464 g/mol. The van der Waals surface area contributed by atoms with Crippen LogP contribution in [0.15, 0.2) is 0 Å². The number of nitrogens with zero attached hydrogens (tertiary/aromatic N) is 2. The van der Waals surface area contributed by atoms with E-state index in [1.54, 1.807) is 9.80 Å². The summed E-state index contributed by atoms with van der Waals surface area (Å²) in [6.07, 6.45) is 4.05. The van der Waals surface area contributed by atoms with Crippen LogP contribution in [0.3, 0.4) is 0 Å². The molecule has 34 heavy (non-hydrogen) atoms. The minimum absolute atomic E-state index is 0.0380. The molecule has 1 N–H and O–H groups in total. The molecule has 0 aromatic rings. The fourth-order valence-corrected chi connectivity index (χ4v) is 4.06. The lowest BCUT2D eigenvalue weighted by Gasteiger charge is -2.33. The van der Waals surface area contributed by atoms with Gasteiger partial charge in [-0.1, -0.05) is 0 Å². The highest BCUT2D eigenvalue weighted by atomic mass is 32.2. The summed E-state index contributed by atoms with van der Waals surface area (Å²) in [5, 5.41) is 9.04. The van der Waals surface area contributed by atoms with Gasteiger partial charge in [0.15, 0.2) is 0 Å². The molecule has 2 saturated heterocycles. The summed E-state index contributed by atoms with van der Waals surface area (Å²) in [5.41, 5.74) is -0.962. The van der Waals surface area contributed by atoms with Crippen LogP contribution in [0.4, 0.5) is 9.59 Å². The van der Waals surface area contributed by atoms with E-state index in [0.29, 0.717) is 19.6 Å². The lowest BCUT2D eigenvalue weighted by Crippen LogP contribution is -2.43. The number of rotatable bonds is 4. The molecule has 0 saturated carbocycles. The standard InChI is InChI=1S/C12H23NO5S.C11H21NO3/c1-12(2,3)18-11(14)13-7-5-6-10(8-13)9-17-19(4,15)16;1-11(2,3)15-10(14)12-6-4-5-9(7-12)8-13/h10H,5-9H2,1-4H3;9,13H,4-8H2,1-3H3. The summed E-state index contributed by atoms with van der Waals surface area (Å²) in [6.45, 7) is 13.8. The number of carbonyl (C=O) groups excluding carboxylic acids is 2. The first kappa shape index (κ1) is 30.4. The molecule has 2 fully saturated rings. The molecule has 2 aliphatic heterocycles. The summed E-state index contributed by atoms with van der Waals surface area (Å²) in [6, 6.07) is 0. The van der Waals surface area contributed by atoms with Gasteiger partial charge in [0, 0.05) is 38.7 Å². The van der Waals surface area contributed by atoms with Gasteiger partial charge in [-0.05, 0) is 73.1 Å². The van der Waals surface area contributed by atoms with E-state index in [9.17, 15) is 18.0 Å². The van der Waals surface area contributed by atoms with Crippen molar-refractivity contribution in [3.05, 3.63) is 0 Å². The zero-order valence-electron chi connectivity index (χ0n) is 21.8. The number of hydrogen-bond acceptors (Lipinski definition) is 8. The molecule has 0 aliphatic carbocycles. The summed E-state index contributed by atoms with van der Waals surface area (Å²) < 4.78 is 37.3. The van der Waals surface area contributed by atoms with E-state index in [0.717, 1.165) is 38.5 Å².